The number of anilines is 1. The van der Waals surface area contributed by atoms with Gasteiger partial charge < -0.3 is 15.2 Å². The molecule has 0 fully saturated rings. The fourth-order valence-electron chi connectivity index (χ4n) is 1.38. The molecule has 0 amide bonds. The molecule has 0 aliphatic heterocycles. The van der Waals surface area contributed by atoms with Crippen LogP contribution in [-0.2, 0) is 4.74 Å². The number of carbonyl (C=O) groups is 1. The van der Waals surface area contributed by atoms with Crippen LogP contribution < -0.4 is 5.32 Å². The van der Waals surface area contributed by atoms with Gasteiger partial charge in [-0.1, -0.05) is 0 Å². The van der Waals surface area contributed by atoms with Gasteiger partial charge in [0.1, 0.15) is 5.69 Å². The second-order valence-electron chi connectivity index (χ2n) is 4.18. The lowest BCUT2D eigenvalue weighted by atomic mass is 10.1. The Balaban J connectivity index is 2.72. The fourth-order valence-corrected chi connectivity index (χ4v) is 1.38. The number of pyridine rings is 1. The van der Waals surface area contributed by atoms with Crippen LogP contribution in [-0.4, -0.2) is 35.3 Å². The summed E-state index contributed by atoms with van der Waals surface area (Å²) in [5, 5.41) is 11.9. The Morgan fingerprint density at radius 3 is 2.69 bits per heavy atom. The van der Waals surface area contributed by atoms with Gasteiger partial charge in [-0.05, 0) is 26.0 Å². The number of carboxylic acid groups (broad SMARTS) is 1. The SMILES string of the molecule is COCC(C)(C)Nc1ccc(C(=O)O)nc1. The molecule has 5 nitrogen and oxygen atoms in total. The number of nitrogens with one attached hydrogen (secondary N) is 1. The summed E-state index contributed by atoms with van der Waals surface area (Å²) in [4.78, 5) is 14.4. The summed E-state index contributed by atoms with van der Waals surface area (Å²) in [6, 6.07) is 3.15. The summed E-state index contributed by atoms with van der Waals surface area (Å²) in [5.41, 5.74) is 0.586. The van der Waals surface area contributed by atoms with E-state index in [0.717, 1.165) is 5.69 Å². The molecule has 0 radical (unpaired) electrons. The Hall–Kier alpha value is -1.62. The molecule has 0 bridgehead atoms. The number of methoxy groups -OCH3 is 1. The molecule has 1 aromatic rings. The summed E-state index contributed by atoms with van der Waals surface area (Å²) in [7, 11) is 1.63. The van der Waals surface area contributed by atoms with Gasteiger partial charge in [0.05, 0.1) is 24.0 Å². The normalized spacial score (nSPS) is 11.2. The average molecular weight is 224 g/mol. The van der Waals surface area contributed by atoms with E-state index in [1.807, 2.05) is 13.8 Å². The van der Waals surface area contributed by atoms with Crippen molar-refractivity contribution in [1.82, 2.24) is 4.98 Å². The van der Waals surface area contributed by atoms with Crippen molar-refractivity contribution < 1.29 is 14.6 Å². The topological polar surface area (TPSA) is 71.5 Å². The van der Waals surface area contributed by atoms with E-state index >= 15 is 0 Å². The molecule has 0 atom stereocenters. The highest BCUT2D eigenvalue weighted by molar-refractivity contribution is 5.85. The summed E-state index contributed by atoms with van der Waals surface area (Å²) >= 11 is 0. The zero-order chi connectivity index (χ0) is 12.2. The smallest absolute Gasteiger partial charge is 0.354 e. The van der Waals surface area contributed by atoms with Crippen molar-refractivity contribution in [2.24, 2.45) is 0 Å². The number of rotatable bonds is 5. The molecule has 0 saturated carbocycles. The predicted molar refractivity (Wildman–Crippen MR) is 60.8 cm³/mol. The fraction of sp³-hybridized carbons (Fsp3) is 0.455. The zero-order valence-electron chi connectivity index (χ0n) is 9.65. The number of carboxylic acids is 1. The van der Waals surface area contributed by atoms with Crippen LogP contribution in [0.3, 0.4) is 0 Å². The van der Waals surface area contributed by atoms with E-state index in [9.17, 15) is 4.79 Å². The van der Waals surface area contributed by atoms with Gasteiger partial charge in [0, 0.05) is 7.11 Å². The van der Waals surface area contributed by atoms with E-state index in [2.05, 4.69) is 10.3 Å². The molecule has 1 aromatic heterocycles. The van der Waals surface area contributed by atoms with Crippen LogP contribution in [0.25, 0.3) is 0 Å². The third kappa shape index (κ3) is 3.51. The van der Waals surface area contributed by atoms with Crippen molar-refractivity contribution in [2.75, 3.05) is 19.0 Å². The largest absolute Gasteiger partial charge is 0.477 e. The van der Waals surface area contributed by atoms with Crippen molar-refractivity contribution in [3.8, 4) is 0 Å². The van der Waals surface area contributed by atoms with Crippen LogP contribution in [0.15, 0.2) is 18.3 Å². The summed E-state index contributed by atoms with van der Waals surface area (Å²) in [5.74, 6) is -1.03. The first-order chi connectivity index (χ1) is 7.44. The van der Waals surface area contributed by atoms with Crippen molar-refractivity contribution in [3.05, 3.63) is 24.0 Å². The maximum absolute atomic E-state index is 10.6. The van der Waals surface area contributed by atoms with Gasteiger partial charge in [0.2, 0.25) is 0 Å². The van der Waals surface area contributed by atoms with E-state index in [1.165, 1.54) is 12.3 Å². The third-order valence-electron chi connectivity index (χ3n) is 1.97. The average Bonchev–Trinajstić information content (AvgIpc) is 2.17. The number of hydrogen-bond acceptors (Lipinski definition) is 4. The lowest BCUT2D eigenvalue weighted by molar-refractivity contribution is 0.0690. The Bertz CT molecular complexity index is 360. The van der Waals surface area contributed by atoms with Crippen LogP contribution in [0.5, 0.6) is 0 Å². The van der Waals surface area contributed by atoms with Crippen molar-refractivity contribution in [1.29, 1.82) is 0 Å². The Kier molecular flexibility index (Phi) is 3.84. The van der Waals surface area contributed by atoms with E-state index in [4.69, 9.17) is 9.84 Å². The van der Waals surface area contributed by atoms with Crippen LogP contribution >= 0.6 is 0 Å². The minimum absolute atomic E-state index is 0.0371. The van der Waals surface area contributed by atoms with Crippen LogP contribution in [0.2, 0.25) is 0 Å². The minimum Gasteiger partial charge on any atom is -0.477 e. The number of aromatic nitrogens is 1. The number of aromatic carboxylic acids is 1. The highest BCUT2D eigenvalue weighted by atomic mass is 16.5. The molecule has 1 rings (SSSR count). The monoisotopic (exact) mass is 224 g/mol. The summed E-state index contributed by atoms with van der Waals surface area (Å²) in [6.45, 7) is 4.52. The molecule has 0 aliphatic carbocycles. The molecule has 0 spiro atoms. The number of ether oxygens (including phenoxy) is 1. The Morgan fingerprint density at radius 1 is 1.56 bits per heavy atom. The van der Waals surface area contributed by atoms with Crippen LogP contribution in [0, 0.1) is 0 Å². The van der Waals surface area contributed by atoms with Gasteiger partial charge in [0.15, 0.2) is 0 Å². The number of hydrogen-bond donors (Lipinski definition) is 2. The molecule has 1 heterocycles. The maximum Gasteiger partial charge on any atom is 0.354 e. The van der Waals surface area contributed by atoms with Gasteiger partial charge in [0.25, 0.3) is 0 Å². The first-order valence-corrected chi connectivity index (χ1v) is 4.91. The second-order valence-corrected chi connectivity index (χ2v) is 4.18. The second kappa shape index (κ2) is 4.94. The van der Waals surface area contributed by atoms with E-state index < -0.39 is 5.97 Å². The molecule has 0 saturated heterocycles. The zero-order valence-corrected chi connectivity index (χ0v) is 9.65. The molecular formula is C11H16N2O3. The molecule has 16 heavy (non-hydrogen) atoms. The van der Waals surface area contributed by atoms with Gasteiger partial charge in [-0.25, -0.2) is 9.78 Å². The quantitative estimate of drug-likeness (QED) is 0.795. The first kappa shape index (κ1) is 12.4. The highest BCUT2D eigenvalue weighted by Crippen LogP contribution is 2.14. The van der Waals surface area contributed by atoms with Crippen LogP contribution in [0.1, 0.15) is 24.3 Å². The first-order valence-electron chi connectivity index (χ1n) is 4.91. The lowest BCUT2D eigenvalue weighted by Gasteiger charge is -2.26. The Morgan fingerprint density at radius 2 is 2.25 bits per heavy atom. The van der Waals surface area contributed by atoms with Crippen molar-refractivity contribution >= 4 is 11.7 Å². The third-order valence-corrected chi connectivity index (χ3v) is 1.97. The van der Waals surface area contributed by atoms with Crippen LogP contribution in [0.4, 0.5) is 5.69 Å². The molecule has 0 unspecified atom stereocenters. The molecule has 88 valence electrons. The van der Waals surface area contributed by atoms with E-state index in [-0.39, 0.29) is 11.2 Å². The van der Waals surface area contributed by atoms with E-state index in [0.29, 0.717) is 6.61 Å². The van der Waals surface area contributed by atoms with Crippen molar-refractivity contribution in [2.45, 2.75) is 19.4 Å². The van der Waals surface area contributed by atoms with Gasteiger partial charge >= 0.3 is 5.97 Å². The molecule has 0 aromatic carbocycles. The molecule has 5 heteroatoms. The lowest BCUT2D eigenvalue weighted by Crippen LogP contribution is -2.35. The van der Waals surface area contributed by atoms with Gasteiger partial charge in [-0.3, -0.25) is 0 Å². The predicted octanol–water partition coefficient (Wildman–Crippen LogP) is 1.62. The number of nitrogens with zero attached hydrogens (tertiary/aromatic N) is 1. The molecule has 2 N–H and O–H groups in total. The standard InChI is InChI=1S/C11H16N2O3/c1-11(2,7-16-3)13-8-4-5-9(10(14)15)12-6-8/h4-6,13H,7H2,1-3H3,(H,14,15). The summed E-state index contributed by atoms with van der Waals surface area (Å²) in [6.07, 6.45) is 1.50. The van der Waals surface area contributed by atoms with Crippen molar-refractivity contribution in [3.63, 3.8) is 0 Å². The minimum atomic E-state index is -1.03. The summed E-state index contributed by atoms with van der Waals surface area (Å²) < 4.78 is 5.06. The maximum atomic E-state index is 10.6. The molecular weight excluding hydrogens is 208 g/mol. The van der Waals surface area contributed by atoms with Gasteiger partial charge in [-0.2, -0.15) is 0 Å². The Labute approximate surface area is 94.5 Å². The molecule has 0 aliphatic rings. The van der Waals surface area contributed by atoms with Gasteiger partial charge in [-0.15, -0.1) is 0 Å². The highest BCUT2D eigenvalue weighted by Gasteiger charge is 2.17. The van der Waals surface area contributed by atoms with E-state index in [1.54, 1.807) is 13.2 Å².